The molecule has 0 spiro atoms. The van der Waals surface area contributed by atoms with Gasteiger partial charge in [0.2, 0.25) is 0 Å². The molecule has 118 valence electrons. The molecular formula is C17H14O6. The van der Waals surface area contributed by atoms with Crippen molar-refractivity contribution in [2.45, 2.75) is 19.3 Å². The Hall–Kier alpha value is -2.89. The molecule has 6 nitrogen and oxygen atoms in total. The zero-order valence-corrected chi connectivity index (χ0v) is 12.6. The molecule has 0 radical (unpaired) electrons. The number of ether oxygens (including phenoxy) is 2. The summed E-state index contributed by atoms with van der Waals surface area (Å²) in [6.45, 7) is 1.62. The summed E-state index contributed by atoms with van der Waals surface area (Å²) < 4.78 is 14.9. The Morgan fingerprint density at radius 2 is 1.91 bits per heavy atom. The van der Waals surface area contributed by atoms with Gasteiger partial charge in [0.25, 0.3) is 0 Å². The van der Waals surface area contributed by atoms with Gasteiger partial charge >= 0.3 is 17.6 Å². The van der Waals surface area contributed by atoms with Gasteiger partial charge in [0.15, 0.2) is 0 Å². The number of hydrogen-bond donors (Lipinski definition) is 0. The fourth-order valence-corrected chi connectivity index (χ4v) is 2.68. The highest BCUT2D eigenvalue weighted by atomic mass is 16.5. The van der Waals surface area contributed by atoms with Gasteiger partial charge in [-0.15, -0.1) is 0 Å². The van der Waals surface area contributed by atoms with Crippen LogP contribution < -0.4 is 10.4 Å². The molecule has 1 aromatic heterocycles. The molecule has 2 aromatic rings. The second-order valence-electron chi connectivity index (χ2n) is 5.27. The third kappa shape index (κ3) is 2.75. The minimum atomic E-state index is -0.519. The van der Waals surface area contributed by atoms with E-state index in [1.165, 1.54) is 13.2 Å². The van der Waals surface area contributed by atoms with E-state index in [4.69, 9.17) is 9.15 Å². The van der Waals surface area contributed by atoms with Gasteiger partial charge in [0.1, 0.15) is 11.5 Å². The summed E-state index contributed by atoms with van der Waals surface area (Å²) in [6.07, 6.45) is 0.0401. The summed E-state index contributed by atoms with van der Waals surface area (Å²) in [4.78, 5) is 35.5. The van der Waals surface area contributed by atoms with Crippen molar-refractivity contribution in [3.8, 4) is 5.75 Å². The molecule has 0 N–H and O–H groups in total. The quantitative estimate of drug-likeness (QED) is 0.790. The number of fused-ring (bicyclic) bond motifs is 1. The number of benzene rings is 1. The summed E-state index contributed by atoms with van der Waals surface area (Å²) in [7, 11) is 1.30. The van der Waals surface area contributed by atoms with Gasteiger partial charge in [-0.05, 0) is 24.6 Å². The Morgan fingerprint density at radius 1 is 1.22 bits per heavy atom. The smallest absolute Gasteiger partial charge is 0.343 e. The van der Waals surface area contributed by atoms with Crippen LogP contribution in [0.3, 0.4) is 0 Å². The number of methoxy groups -OCH3 is 1. The lowest BCUT2D eigenvalue weighted by Crippen LogP contribution is -2.26. The van der Waals surface area contributed by atoms with Crippen LogP contribution in [0.25, 0.3) is 0 Å². The number of carbonyl (C=O) groups is 2. The summed E-state index contributed by atoms with van der Waals surface area (Å²) in [5, 5.41) is 0. The van der Waals surface area contributed by atoms with Crippen molar-refractivity contribution in [1.29, 1.82) is 0 Å². The van der Waals surface area contributed by atoms with E-state index >= 15 is 0 Å². The van der Waals surface area contributed by atoms with Crippen molar-refractivity contribution in [2.75, 3.05) is 7.11 Å². The zero-order valence-electron chi connectivity index (χ0n) is 12.6. The third-order valence-electron chi connectivity index (χ3n) is 3.75. The molecule has 0 amide bonds. The third-order valence-corrected chi connectivity index (χ3v) is 3.75. The predicted molar refractivity (Wildman–Crippen MR) is 79.6 cm³/mol. The molecule has 0 bridgehead atoms. The lowest BCUT2D eigenvalue weighted by atomic mass is 9.87. The van der Waals surface area contributed by atoms with E-state index in [1.54, 1.807) is 31.2 Å². The minimum Gasteiger partial charge on any atom is -0.465 e. The fraction of sp³-hybridized carbons (Fsp3) is 0.235. The van der Waals surface area contributed by atoms with Crippen LogP contribution in [0, 0.1) is 6.92 Å². The van der Waals surface area contributed by atoms with Crippen LogP contribution in [0.5, 0.6) is 5.75 Å². The molecule has 1 aliphatic rings. The number of aryl methyl sites for hydroxylation is 1. The predicted octanol–water partition coefficient (Wildman–Crippen LogP) is 2.18. The van der Waals surface area contributed by atoms with E-state index in [9.17, 15) is 14.4 Å². The summed E-state index contributed by atoms with van der Waals surface area (Å²) in [5.41, 5.74) is 0.924. The Labute approximate surface area is 131 Å². The Morgan fingerprint density at radius 3 is 2.57 bits per heavy atom. The van der Waals surface area contributed by atoms with Gasteiger partial charge < -0.3 is 13.9 Å². The summed E-state index contributed by atoms with van der Waals surface area (Å²) >= 11 is 0. The largest absolute Gasteiger partial charge is 0.465 e. The molecule has 2 heterocycles. The standard InChI is InChI=1S/C17H14O6/c1-9-7-13-15(17(20)22-9)12(8-14(18)23-13)10-3-5-11(6-4-10)16(19)21-2/h3-7,12H,8H2,1-2H3. The van der Waals surface area contributed by atoms with Crippen molar-refractivity contribution in [3.63, 3.8) is 0 Å². The Kier molecular flexibility index (Phi) is 3.73. The van der Waals surface area contributed by atoms with Crippen LogP contribution >= 0.6 is 0 Å². The van der Waals surface area contributed by atoms with E-state index in [0.717, 1.165) is 5.56 Å². The van der Waals surface area contributed by atoms with E-state index < -0.39 is 23.5 Å². The van der Waals surface area contributed by atoms with Crippen LogP contribution in [-0.2, 0) is 9.53 Å². The second-order valence-corrected chi connectivity index (χ2v) is 5.27. The number of carbonyl (C=O) groups excluding carboxylic acids is 2. The summed E-state index contributed by atoms with van der Waals surface area (Å²) in [5.74, 6) is -0.713. The first-order chi connectivity index (χ1) is 11.0. The molecule has 1 unspecified atom stereocenters. The maximum atomic E-state index is 12.2. The lowest BCUT2D eigenvalue weighted by molar-refractivity contribution is -0.135. The molecule has 3 rings (SSSR count). The minimum absolute atomic E-state index is 0.0401. The lowest BCUT2D eigenvalue weighted by Gasteiger charge is -2.23. The number of rotatable bonds is 2. The van der Waals surface area contributed by atoms with Crippen LogP contribution in [-0.4, -0.2) is 19.0 Å². The fourth-order valence-electron chi connectivity index (χ4n) is 2.68. The molecule has 1 aliphatic heterocycles. The van der Waals surface area contributed by atoms with Gasteiger partial charge in [-0.25, -0.2) is 9.59 Å². The molecule has 0 fully saturated rings. The first-order valence-corrected chi connectivity index (χ1v) is 7.03. The molecule has 0 saturated carbocycles. The normalized spacial score (nSPS) is 16.4. The highest BCUT2D eigenvalue weighted by Crippen LogP contribution is 2.36. The van der Waals surface area contributed by atoms with Crippen molar-refractivity contribution in [1.82, 2.24) is 0 Å². The second kappa shape index (κ2) is 5.72. The molecular weight excluding hydrogens is 300 g/mol. The van der Waals surface area contributed by atoms with E-state index in [0.29, 0.717) is 16.9 Å². The summed E-state index contributed by atoms with van der Waals surface area (Å²) in [6, 6.07) is 8.11. The number of esters is 2. The maximum absolute atomic E-state index is 12.2. The van der Waals surface area contributed by atoms with Gasteiger partial charge in [-0.2, -0.15) is 0 Å². The first kappa shape index (κ1) is 15.0. The zero-order chi connectivity index (χ0) is 16.6. The van der Waals surface area contributed by atoms with Crippen molar-refractivity contribution in [2.24, 2.45) is 0 Å². The monoisotopic (exact) mass is 314 g/mol. The van der Waals surface area contributed by atoms with Crippen LogP contribution in [0.15, 0.2) is 39.5 Å². The van der Waals surface area contributed by atoms with Crippen LogP contribution in [0.2, 0.25) is 0 Å². The SMILES string of the molecule is COC(=O)c1ccc(C2CC(=O)Oc3cc(C)oc(=O)c32)cc1. The van der Waals surface area contributed by atoms with Crippen molar-refractivity contribution in [3.05, 3.63) is 63.2 Å². The molecule has 1 atom stereocenters. The number of hydrogen-bond acceptors (Lipinski definition) is 6. The highest BCUT2D eigenvalue weighted by molar-refractivity contribution is 5.89. The Bertz CT molecular complexity index is 831. The molecule has 1 aromatic carbocycles. The van der Waals surface area contributed by atoms with Crippen molar-refractivity contribution >= 4 is 11.9 Å². The van der Waals surface area contributed by atoms with Crippen LogP contribution in [0.1, 0.15) is 39.6 Å². The molecule has 0 saturated heterocycles. The topological polar surface area (TPSA) is 82.8 Å². The van der Waals surface area contributed by atoms with Gasteiger partial charge in [0, 0.05) is 12.0 Å². The average Bonchev–Trinajstić information content (AvgIpc) is 2.52. The Balaban J connectivity index is 2.06. The van der Waals surface area contributed by atoms with Crippen molar-refractivity contribution < 1.29 is 23.5 Å². The van der Waals surface area contributed by atoms with Gasteiger partial charge in [-0.1, -0.05) is 12.1 Å². The highest BCUT2D eigenvalue weighted by Gasteiger charge is 2.32. The van der Waals surface area contributed by atoms with Crippen LogP contribution in [0.4, 0.5) is 0 Å². The molecule has 23 heavy (non-hydrogen) atoms. The van der Waals surface area contributed by atoms with E-state index in [-0.39, 0.29) is 12.2 Å². The first-order valence-electron chi connectivity index (χ1n) is 7.03. The average molecular weight is 314 g/mol. The molecule has 6 heteroatoms. The van der Waals surface area contributed by atoms with E-state index in [1.807, 2.05) is 0 Å². The molecule has 0 aliphatic carbocycles. The van der Waals surface area contributed by atoms with E-state index in [2.05, 4.69) is 4.74 Å². The van der Waals surface area contributed by atoms with Gasteiger partial charge in [-0.3, -0.25) is 4.79 Å². The maximum Gasteiger partial charge on any atom is 0.343 e. The van der Waals surface area contributed by atoms with Gasteiger partial charge in [0.05, 0.1) is 24.7 Å².